The highest BCUT2D eigenvalue weighted by molar-refractivity contribution is 6.31. The topological polar surface area (TPSA) is 212 Å². The van der Waals surface area contributed by atoms with Crippen molar-refractivity contribution in [3.8, 4) is 28.7 Å². The Morgan fingerprint density at radius 2 is 1.53 bits per heavy atom. The van der Waals surface area contributed by atoms with Gasteiger partial charge >= 0.3 is 0 Å². The standard InChI is InChI=1S/C46H51NO12/c1-5-29(25-11-15-27(49)16-12-25)30(26-13-17-28(50)18-14-26)9-7-19-47-33-20-36(58-23(2)41(33)51)59-35-22-46(56,24(3)48)21-32-38(35)45(55)40-39(43(32)53)42(52)31-8-6-10-34(57-4)37(31)44(40)54/h6,8,10-18,23,29-30,33,35-36,41,47,49-51,53,55-56H,5,7,9,19-22H2,1-4H3/t23-,29-,30+,33-,35-,36-,41+,46-/m0/s1. The van der Waals surface area contributed by atoms with Gasteiger partial charge in [0.05, 0.1) is 42.1 Å². The van der Waals surface area contributed by atoms with Crippen LogP contribution in [-0.2, 0) is 20.7 Å². The lowest BCUT2D eigenvalue weighted by molar-refractivity contribution is -0.249. The summed E-state index contributed by atoms with van der Waals surface area (Å²) in [5, 5.41) is 69.8. The van der Waals surface area contributed by atoms with Gasteiger partial charge in [0, 0.05) is 42.0 Å². The summed E-state index contributed by atoms with van der Waals surface area (Å²) in [6.07, 6.45) is -2.32. The highest BCUT2D eigenvalue weighted by atomic mass is 16.7. The summed E-state index contributed by atoms with van der Waals surface area (Å²) in [6, 6.07) is 18.4. The fourth-order valence-electron chi connectivity index (χ4n) is 9.23. The number of rotatable bonds is 13. The van der Waals surface area contributed by atoms with Gasteiger partial charge in [0.2, 0.25) is 5.78 Å². The number of fused-ring (bicyclic) bond motifs is 3. The first kappa shape index (κ1) is 41.8. The molecule has 4 aromatic carbocycles. The van der Waals surface area contributed by atoms with Crippen molar-refractivity contribution < 1.29 is 59.2 Å². The number of aliphatic hydroxyl groups is 2. The average molecular weight is 810 g/mol. The molecule has 0 unspecified atom stereocenters. The molecule has 312 valence electrons. The number of Topliss-reactive ketones (excluding diaryl/α,β-unsaturated/α-hetero) is 1. The zero-order chi connectivity index (χ0) is 42.3. The number of ketones is 3. The first-order chi connectivity index (χ1) is 28.2. The molecule has 0 aromatic heterocycles. The van der Waals surface area contributed by atoms with E-state index in [9.17, 15) is 45.0 Å². The number of nitrogens with one attached hydrogen (secondary N) is 1. The molecule has 2 aliphatic carbocycles. The molecular formula is C46H51NO12. The van der Waals surface area contributed by atoms with E-state index < -0.39 is 82.6 Å². The molecule has 13 heteroatoms. The highest BCUT2D eigenvalue weighted by Crippen LogP contribution is 2.52. The molecule has 0 radical (unpaired) electrons. The maximum absolute atomic E-state index is 14.0. The molecule has 8 atom stereocenters. The largest absolute Gasteiger partial charge is 0.508 e. The number of aromatic hydroxyl groups is 4. The number of carbonyl (C=O) groups excluding carboxylic acids is 3. The number of carbonyl (C=O) groups is 3. The number of hydrogen-bond acceptors (Lipinski definition) is 13. The maximum Gasteiger partial charge on any atom is 0.202 e. The summed E-state index contributed by atoms with van der Waals surface area (Å²) in [7, 11) is 1.35. The second-order valence-corrected chi connectivity index (χ2v) is 16.0. The lowest BCUT2D eigenvalue weighted by Crippen LogP contribution is -2.54. The van der Waals surface area contributed by atoms with Crippen LogP contribution in [0.2, 0.25) is 0 Å². The normalized spacial score (nSPS) is 24.7. The van der Waals surface area contributed by atoms with Crippen molar-refractivity contribution in [2.24, 2.45) is 0 Å². The Hall–Kier alpha value is -5.31. The number of hydrogen-bond donors (Lipinski definition) is 7. The van der Waals surface area contributed by atoms with E-state index in [1.165, 1.54) is 32.2 Å². The quantitative estimate of drug-likeness (QED) is 0.0552. The van der Waals surface area contributed by atoms with Crippen molar-refractivity contribution in [1.29, 1.82) is 0 Å². The average Bonchev–Trinajstić information content (AvgIpc) is 3.21. The van der Waals surface area contributed by atoms with Crippen molar-refractivity contribution in [3.63, 3.8) is 0 Å². The van der Waals surface area contributed by atoms with E-state index in [-0.39, 0.29) is 64.2 Å². The monoisotopic (exact) mass is 809 g/mol. The minimum atomic E-state index is -2.05. The molecule has 7 N–H and O–H groups in total. The second-order valence-electron chi connectivity index (χ2n) is 16.0. The summed E-state index contributed by atoms with van der Waals surface area (Å²) in [4.78, 5) is 40.8. The third-order valence-electron chi connectivity index (χ3n) is 12.4. The van der Waals surface area contributed by atoms with Gasteiger partial charge in [-0.25, -0.2) is 0 Å². The zero-order valence-electron chi connectivity index (χ0n) is 33.5. The van der Waals surface area contributed by atoms with Crippen molar-refractivity contribution in [1.82, 2.24) is 5.32 Å². The lowest BCUT2D eigenvalue weighted by Gasteiger charge is -2.43. The third-order valence-corrected chi connectivity index (χ3v) is 12.4. The number of ether oxygens (including phenoxy) is 3. The van der Waals surface area contributed by atoms with Gasteiger partial charge in [0.1, 0.15) is 34.3 Å². The predicted molar refractivity (Wildman–Crippen MR) is 215 cm³/mol. The molecule has 0 bridgehead atoms. The molecule has 0 saturated carbocycles. The van der Waals surface area contributed by atoms with E-state index in [4.69, 9.17) is 14.2 Å². The molecule has 7 rings (SSSR count). The SMILES string of the molecule is CC[C@@H](c1ccc(O)cc1)[C@H](CCCN[C@H]1C[C@H](O[C@H]2C[C@](O)(C(C)=O)Cc3c(O)c4c(c(O)c32)C(=O)c2c(OC)cccc2C4=O)O[C@@H](C)[C@H]1O)c1ccc(O)cc1. The first-order valence-corrected chi connectivity index (χ1v) is 20.1. The maximum atomic E-state index is 14.0. The number of methoxy groups -OCH3 is 1. The van der Waals surface area contributed by atoms with Crippen LogP contribution in [0.3, 0.4) is 0 Å². The van der Waals surface area contributed by atoms with E-state index >= 15 is 0 Å². The van der Waals surface area contributed by atoms with Gasteiger partial charge in [0.25, 0.3) is 0 Å². The summed E-state index contributed by atoms with van der Waals surface area (Å²) in [6.45, 7) is 5.52. The van der Waals surface area contributed by atoms with E-state index in [1.54, 1.807) is 31.2 Å². The Morgan fingerprint density at radius 3 is 2.14 bits per heavy atom. The van der Waals surface area contributed by atoms with Gasteiger partial charge < -0.3 is 50.2 Å². The number of phenols is 4. The van der Waals surface area contributed by atoms with Crippen molar-refractivity contribution >= 4 is 17.3 Å². The van der Waals surface area contributed by atoms with Crippen molar-refractivity contribution in [2.75, 3.05) is 13.7 Å². The van der Waals surface area contributed by atoms with Gasteiger partial charge in [-0.05, 0) is 92.9 Å². The predicted octanol–water partition coefficient (Wildman–Crippen LogP) is 5.83. The second kappa shape index (κ2) is 16.7. The molecule has 1 aliphatic heterocycles. The van der Waals surface area contributed by atoms with Crippen molar-refractivity contribution in [3.05, 3.63) is 111 Å². The molecule has 59 heavy (non-hydrogen) atoms. The number of phenolic OH excluding ortho intramolecular Hbond substituents is 4. The van der Waals surface area contributed by atoms with Crippen LogP contribution in [0.5, 0.6) is 28.7 Å². The van der Waals surface area contributed by atoms with Crippen LogP contribution in [0.4, 0.5) is 0 Å². The molecule has 1 saturated heterocycles. The fraction of sp³-hybridized carbons (Fsp3) is 0.413. The molecule has 4 aromatic rings. The van der Waals surface area contributed by atoms with Crippen LogP contribution in [0.1, 0.15) is 125 Å². The lowest BCUT2D eigenvalue weighted by atomic mass is 9.72. The molecule has 1 heterocycles. The molecule has 1 fully saturated rings. The first-order valence-electron chi connectivity index (χ1n) is 20.1. The summed E-state index contributed by atoms with van der Waals surface area (Å²) < 4.78 is 17.9. The molecule has 0 amide bonds. The van der Waals surface area contributed by atoms with Crippen LogP contribution >= 0.6 is 0 Å². The van der Waals surface area contributed by atoms with Gasteiger partial charge in [0.15, 0.2) is 17.9 Å². The van der Waals surface area contributed by atoms with Crippen LogP contribution in [0.15, 0.2) is 66.7 Å². The van der Waals surface area contributed by atoms with E-state index in [2.05, 4.69) is 12.2 Å². The Bertz CT molecular complexity index is 2240. The minimum absolute atomic E-state index is 0.0259. The van der Waals surface area contributed by atoms with Crippen LogP contribution in [0.25, 0.3) is 0 Å². The zero-order valence-corrected chi connectivity index (χ0v) is 33.5. The van der Waals surface area contributed by atoms with E-state index in [0.29, 0.717) is 13.0 Å². The van der Waals surface area contributed by atoms with Gasteiger partial charge in [-0.15, -0.1) is 0 Å². The number of benzene rings is 4. The van der Waals surface area contributed by atoms with Crippen molar-refractivity contribution in [2.45, 2.75) is 107 Å². The molecular weight excluding hydrogens is 759 g/mol. The van der Waals surface area contributed by atoms with Gasteiger partial charge in [-0.2, -0.15) is 0 Å². The Balaban J connectivity index is 1.12. The van der Waals surface area contributed by atoms with Crippen LogP contribution in [0, 0.1) is 0 Å². The molecule has 0 spiro atoms. The summed E-state index contributed by atoms with van der Waals surface area (Å²) >= 11 is 0. The van der Waals surface area contributed by atoms with Crippen LogP contribution in [-0.4, -0.2) is 91.8 Å². The minimum Gasteiger partial charge on any atom is -0.508 e. The summed E-state index contributed by atoms with van der Waals surface area (Å²) in [5.74, 6) is -2.66. The van der Waals surface area contributed by atoms with Gasteiger partial charge in [-0.3, -0.25) is 14.4 Å². The Kier molecular flexibility index (Phi) is 11.9. The third kappa shape index (κ3) is 7.81. The Labute approximate surface area is 342 Å². The Morgan fingerprint density at radius 1 is 0.898 bits per heavy atom. The number of aliphatic hydroxyl groups excluding tert-OH is 1. The van der Waals surface area contributed by atoms with E-state index in [1.807, 2.05) is 24.3 Å². The van der Waals surface area contributed by atoms with E-state index in [0.717, 1.165) is 24.0 Å². The molecule has 3 aliphatic rings. The highest BCUT2D eigenvalue weighted by Gasteiger charge is 2.49. The fourth-order valence-corrected chi connectivity index (χ4v) is 9.23. The summed E-state index contributed by atoms with van der Waals surface area (Å²) in [5.41, 5.74) is -0.995. The molecule has 13 nitrogen and oxygen atoms in total. The smallest absolute Gasteiger partial charge is 0.202 e. The van der Waals surface area contributed by atoms with Crippen LogP contribution < -0.4 is 10.1 Å². The van der Waals surface area contributed by atoms with Gasteiger partial charge in [-0.1, -0.05) is 43.3 Å².